The number of amides is 1. The average Bonchev–Trinajstić information content (AvgIpc) is 3.39. The molecule has 0 bridgehead atoms. The van der Waals surface area contributed by atoms with E-state index in [1.54, 1.807) is 4.68 Å². The van der Waals surface area contributed by atoms with Crippen molar-refractivity contribution < 1.29 is 14.3 Å². The predicted molar refractivity (Wildman–Crippen MR) is 150 cm³/mol. The van der Waals surface area contributed by atoms with Crippen LogP contribution in [0, 0.1) is 13.8 Å². The maximum absolute atomic E-state index is 13.8. The highest BCUT2D eigenvalue weighted by Gasteiger charge is 2.34. The van der Waals surface area contributed by atoms with E-state index >= 15 is 0 Å². The van der Waals surface area contributed by atoms with E-state index in [-0.39, 0.29) is 5.91 Å². The van der Waals surface area contributed by atoms with E-state index in [1.807, 2.05) is 88.4 Å². The second-order valence-electron chi connectivity index (χ2n) is 9.27. The molecule has 200 valence electrons. The summed E-state index contributed by atoms with van der Waals surface area (Å²) in [6, 6.07) is 18.3. The highest BCUT2D eigenvalue weighted by molar-refractivity contribution is 6.30. The molecular formula is C29H29ClN6O3. The molecule has 0 aliphatic carbocycles. The molecule has 1 aromatic heterocycles. The van der Waals surface area contributed by atoms with Gasteiger partial charge >= 0.3 is 0 Å². The van der Waals surface area contributed by atoms with Gasteiger partial charge in [0.2, 0.25) is 5.95 Å². The number of hydrogen-bond donors (Lipinski definition) is 2. The van der Waals surface area contributed by atoms with Gasteiger partial charge in [0.15, 0.2) is 11.5 Å². The first-order valence-electron chi connectivity index (χ1n) is 12.6. The second-order valence-corrected chi connectivity index (χ2v) is 9.71. The number of nitrogens with zero attached hydrogens (tertiary/aromatic N) is 4. The van der Waals surface area contributed by atoms with Crippen LogP contribution in [0.1, 0.15) is 42.1 Å². The normalized spacial score (nSPS) is 14.4. The lowest BCUT2D eigenvalue weighted by Crippen LogP contribution is -2.31. The molecule has 39 heavy (non-hydrogen) atoms. The summed E-state index contributed by atoms with van der Waals surface area (Å²) in [6.45, 7) is 8.55. The number of tetrazole rings is 1. The number of nitrogens with one attached hydrogen (secondary N) is 2. The van der Waals surface area contributed by atoms with Gasteiger partial charge in [-0.25, -0.2) is 0 Å². The van der Waals surface area contributed by atoms with Gasteiger partial charge in [0.25, 0.3) is 5.91 Å². The molecule has 5 rings (SSSR count). The quantitative estimate of drug-likeness (QED) is 0.287. The van der Waals surface area contributed by atoms with E-state index in [2.05, 4.69) is 26.2 Å². The Labute approximate surface area is 231 Å². The summed E-state index contributed by atoms with van der Waals surface area (Å²) >= 11 is 6.00. The lowest BCUT2D eigenvalue weighted by Gasteiger charge is -2.28. The maximum Gasteiger partial charge on any atom is 0.255 e. The topological polar surface area (TPSA) is 103 Å². The SMILES string of the molecule is CCOc1cc(C2C(C(=O)Nc3cccc(C)c3C)=C(C)Nc3nnnn32)ccc1OCc1ccc(Cl)cc1. The smallest absolute Gasteiger partial charge is 0.255 e. The van der Waals surface area contributed by atoms with E-state index in [9.17, 15) is 4.79 Å². The third-order valence-corrected chi connectivity index (χ3v) is 6.95. The molecule has 10 heteroatoms. The van der Waals surface area contributed by atoms with Crippen molar-refractivity contribution in [1.29, 1.82) is 0 Å². The first kappa shape index (κ1) is 26.2. The van der Waals surface area contributed by atoms with Crippen molar-refractivity contribution in [3.05, 3.63) is 99.2 Å². The van der Waals surface area contributed by atoms with Crippen LogP contribution in [0.25, 0.3) is 0 Å². The van der Waals surface area contributed by atoms with Crippen LogP contribution in [0.5, 0.6) is 11.5 Å². The number of hydrogen-bond acceptors (Lipinski definition) is 7. The second kappa shape index (κ2) is 11.2. The van der Waals surface area contributed by atoms with Crippen molar-refractivity contribution in [2.75, 3.05) is 17.2 Å². The van der Waals surface area contributed by atoms with E-state index in [4.69, 9.17) is 21.1 Å². The molecule has 1 aliphatic rings. The van der Waals surface area contributed by atoms with Gasteiger partial charge in [0.1, 0.15) is 12.6 Å². The minimum atomic E-state index is -0.592. The van der Waals surface area contributed by atoms with Gasteiger partial charge in [0.05, 0.1) is 12.2 Å². The van der Waals surface area contributed by atoms with Crippen LogP contribution in [0.3, 0.4) is 0 Å². The van der Waals surface area contributed by atoms with Crippen LogP contribution < -0.4 is 20.1 Å². The number of benzene rings is 3. The molecule has 1 amide bonds. The van der Waals surface area contributed by atoms with Gasteiger partial charge in [0, 0.05) is 16.4 Å². The molecule has 0 radical (unpaired) electrons. The summed E-state index contributed by atoms with van der Waals surface area (Å²) < 4.78 is 13.6. The average molecular weight is 545 g/mol. The molecule has 9 nitrogen and oxygen atoms in total. The Hall–Kier alpha value is -4.37. The fourth-order valence-electron chi connectivity index (χ4n) is 4.51. The Morgan fingerprint density at radius 3 is 2.62 bits per heavy atom. The van der Waals surface area contributed by atoms with Crippen molar-refractivity contribution in [1.82, 2.24) is 20.2 Å². The summed E-state index contributed by atoms with van der Waals surface area (Å²) in [5.41, 5.74) is 5.76. The highest BCUT2D eigenvalue weighted by atomic mass is 35.5. The molecule has 0 fully saturated rings. The molecule has 1 unspecified atom stereocenters. The third-order valence-electron chi connectivity index (χ3n) is 6.70. The number of rotatable bonds is 8. The number of allylic oxidation sites excluding steroid dienone is 1. The summed E-state index contributed by atoms with van der Waals surface area (Å²) in [4.78, 5) is 13.8. The summed E-state index contributed by atoms with van der Waals surface area (Å²) in [7, 11) is 0. The molecule has 0 spiro atoms. The zero-order valence-corrected chi connectivity index (χ0v) is 22.9. The lowest BCUT2D eigenvalue weighted by molar-refractivity contribution is -0.113. The molecule has 0 saturated carbocycles. The summed E-state index contributed by atoms with van der Waals surface area (Å²) in [5.74, 6) is 1.34. The fourth-order valence-corrected chi connectivity index (χ4v) is 4.64. The highest BCUT2D eigenvalue weighted by Crippen LogP contribution is 2.39. The number of aromatic nitrogens is 4. The number of carbonyl (C=O) groups is 1. The number of anilines is 2. The first-order chi connectivity index (χ1) is 18.9. The molecule has 1 aliphatic heterocycles. The van der Waals surface area contributed by atoms with Gasteiger partial charge < -0.3 is 20.1 Å². The fraction of sp³-hybridized carbons (Fsp3) is 0.241. The third kappa shape index (κ3) is 5.44. The van der Waals surface area contributed by atoms with E-state index < -0.39 is 6.04 Å². The van der Waals surface area contributed by atoms with Crippen LogP contribution in [-0.4, -0.2) is 32.7 Å². The predicted octanol–water partition coefficient (Wildman–Crippen LogP) is 5.85. The van der Waals surface area contributed by atoms with Crippen molar-refractivity contribution in [2.45, 2.75) is 40.3 Å². The van der Waals surface area contributed by atoms with Gasteiger partial charge in [-0.3, -0.25) is 4.79 Å². The Morgan fingerprint density at radius 2 is 1.85 bits per heavy atom. The number of carbonyl (C=O) groups excluding carboxylic acids is 1. The molecule has 1 atom stereocenters. The molecule has 2 heterocycles. The first-order valence-corrected chi connectivity index (χ1v) is 13.0. The number of fused-ring (bicyclic) bond motifs is 1. The zero-order chi connectivity index (χ0) is 27.5. The maximum atomic E-state index is 13.8. The molecule has 3 aromatic carbocycles. The van der Waals surface area contributed by atoms with Crippen molar-refractivity contribution in [3.8, 4) is 11.5 Å². The Kier molecular flexibility index (Phi) is 7.51. The van der Waals surface area contributed by atoms with Gasteiger partial charge in [-0.1, -0.05) is 47.0 Å². The monoisotopic (exact) mass is 544 g/mol. The van der Waals surface area contributed by atoms with Crippen LogP contribution in [0.4, 0.5) is 11.6 Å². The van der Waals surface area contributed by atoms with Gasteiger partial charge in [-0.2, -0.15) is 4.68 Å². The Morgan fingerprint density at radius 1 is 1.05 bits per heavy atom. The number of halogens is 1. The van der Waals surface area contributed by atoms with E-state index in [1.165, 1.54) is 0 Å². The zero-order valence-electron chi connectivity index (χ0n) is 22.2. The number of aryl methyl sites for hydroxylation is 1. The van der Waals surface area contributed by atoms with Crippen LogP contribution in [0.2, 0.25) is 5.02 Å². The minimum absolute atomic E-state index is 0.249. The number of ether oxygens (including phenoxy) is 2. The van der Waals surface area contributed by atoms with Crippen molar-refractivity contribution in [3.63, 3.8) is 0 Å². The van der Waals surface area contributed by atoms with Crippen LogP contribution >= 0.6 is 11.6 Å². The minimum Gasteiger partial charge on any atom is -0.490 e. The van der Waals surface area contributed by atoms with Crippen LogP contribution in [0.15, 0.2) is 71.9 Å². The van der Waals surface area contributed by atoms with Crippen molar-refractivity contribution in [2.24, 2.45) is 0 Å². The molecular weight excluding hydrogens is 516 g/mol. The van der Waals surface area contributed by atoms with E-state index in [0.29, 0.717) is 47.0 Å². The molecule has 2 N–H and O–H groups in total. The Balaban J connectivity index is 1.49. The van der Waals surface area contributed by atoms with Gasteiger partial charge in [-0.05, 0) is 90.7 Å². The van der Waals surface area contributed by atoms with Crippen LogP contribution in [-0.2, 0) is 11.4 Å². The summed E-state index contributed by atoms with van der Waals surface area (Å²) in [6.07, 6.45) is 0. The Bertz CT molecular complexity index is 1550. The molecule has 0 saturated heterocycles. The van der Waals surface area contributed by atoms with Gasteiger partial charge in [-0.15, -0.1) is 0 Å². The molecule has 4 aromatic rings. The standard InChI is InChI=1S/C29H29ClN6O3/c1-5-38-25-15-21(11-14-24(25)39-16-20-9-12-22(30)13-10-20)27-26(19(4)31-29-33-34-35-36(27)29)28(37)32-23-8-6-7-17(2)18(23)3/h6-15,27H,5,16H2,1-4H3,(H,32,37)(H,31,33,35). The lowest BCUT2D eigenvalue weighted by atomic mass is 9.94. The van der Waals surface area contributed by atoms with E-state index in [0.717, 1.165) is 27.9 Å². The largest absolute Gasteiger partial charge is 0.490 e. The van der Waals surface area contributed by atoms with Crippen molar-refractivity contribution >= 4 is 29.1 Å². The summed E-state index contributed by atoms with van der Waals surface area (Å²) in [5, 5.41) is 19.0.